The van der Waals surface area contributed by atoms with E-state index in [4.69, 9.17) is 0 Å². The first kappa shape index (κ1) is 21.4. The molecule has 0 aromatic heterocycles. The fraction of sp³-hybridized carbons (Fsp3) is 0.231. The summed E-state index contributed by atoms with van der Waals surface area (Å²) in [5.41, 5.74) is 2.62. The van der Waals surface area contributed by atoms with E-state index in [1.807, 2.05) is 0 Å². The van der Waals surface area contributed by atoms with Gasteiger partial charge < -0.3 is 14.4 Å². The summed E-state index contributed by atoms with van der Waals surface area (Å²) in [6.07, 6.45) is 6.30. The van der Waals surface area contributed by atoms with Crippen LogP contribution in [-0.2, 0) is 6.42 Å². The Hall–Kier alpha value is 1.06. The Morgan fingerprint density at radius 3 is 2.40 bits per heavy atom. The van der Waals surface area contributed by atoms with Crippen LogP contribution < -0.4 is 0 Å². The third-order valence-corrected chi connectivity index (χ3v) is 1.86. The summed E-state index contributed by atoms with van der Waals surface area (Å²) in [6, 6.07) is 8.38. The first-order valence-electron chi connectivity index (χ1n) is 4.42. The Morgan fingerprint density at radius 2 is 1.87 bits per heavy atom. The van der Waals surface area contributed by atoms with Crippen molar-refractivity contribution < 1.29 is 62.2 Å². The quantitative estimate of drug-likeness (QED) is 0.436. The molecule has 1 rings (SSSR count). The van der Waals surface area contributed by atoms with E-state index in [2.05, 4.69) is 50.3 Å². The predicted molar refractivity (Wildman–Crippen MR) is 61.2 cm³/mol. The number of hydrogen-bond donors (Lipinski definition) is 0. The van der Waals surface area contributed by atoms with Crippen LogP contribution in [0.25, 0.3) is 6.08 Å². The van der Waals surface area contributed by atoms with Gasteiger partial charge in [-0.25, -0.2) is 0 Å². The second kappa shape index (κ2) is 13.1. The largest absolute Gasteiger partial charge is 2.00 e. The fourth-order valence-electron chi connectivity index (χ4n) is 1.17. The standard InChI is InChI=1S/C12H15.CH3.2U/c1-3-5-8-12-10-7-6-9-11(12)4-2;;;/h5-10H,2-4H2,1H3;1H3;;/q2*-1;;+2/b8-5-;;;. The minimum absolute atomic E-state index is 0. The SMILES string of the molecule is [CH2-]Cc1ccccc1/C=C\CC.[CH3-].[U+2].[U]. The van der Waals surface area contributed by atoms with Gasteiger partial charge in [0, 0.05) is 31.1 Å². The van der Waals surface area contributed by atoms with E-state index in [0.29, 0.717) is 0 Å². The van der Waals surface area contributed by atoms with Crippen LogP contribution >= 0.6 is 0 Å². The molecule has 0 bridgehead atoms. The Morgan fingerprint density at radius 1 is 1.27 bits per heavy atom. The minimum atomic E-state index is 0. The normalized spacial score (nSPS) is 8.67. The topological polar surface area (TPSA) is 0 Å². The molecule has 2 heteroatoms. The van der Waals surface area contributed by atoms with Gasteiger partial charge in [-0.15, -0.1) is 0 Å². The van der Waals surface area contributed by atoms with Crippen molar-refractivity contribution >= 4 is 6.08 Å². The van der Waals surface area contributed by atoms with Crippen molar-refractivity contribution in [3.8, 4) is 0 Å². The maximum atomic E-state index is 3.89. The van der Waals surface area contributed by atoms with Gasteiger partial charge in [0.2, 0.25) is 0 Å². The fourth-order valence-corrected chi connectivity index (χ4v) is 1.17. The molecule has 0 saturated carbocycles. The van der Waals surface area contributed by atoms with Crippen molar-refractivity contribution in [1.29, 1.82) is 0 Å². The van der Waals surface area contributed by atoms with Crippen molar-refractivity contribution in [2.75, 3.05) is 0 Å². The third-order valence-electron chi connectivity index (χ3n) is 1.86. The summed E-state index contributed by atoms with van der Waals surface area (Å²) in [7, 11) is 0. The zero-order chi connectivity index (χ0) is 8.81. The Balaban J connectivity index is -0.000000480. The zero-order valence-electron chi connectivity index (χ0n) is 9.59. The van der Waals surface area contributed by atoms with Crippen LogP contribution in [-0.4, -0.2) is 0 Å². The molecular weight excluding hydrogens is 632 g/mol. The van der Waals surface area contributed by atoms with Gasteiger partial charge in [-0.1, -0.05) is 48.9 Å². The molecule has 0 amide bonds. The molecule has 0 aliphatic carbocycles. The summed E-state index contributed by atoms with van der Waals surface area (Å²) < 4.78 is 0. The summed E-state index contributed by atoms with van der Waals surface area (Å²) in [4.78, 5) is 0. The third kappa shape index (κ3) is 7.88. The van der Waals surface area contributed by atoms with Crippen LogP contribution in [0.1, 0.15) is 24.5 Å². The molecule has 0 spiro atoms. The molecule has 0 radical (unpaired) electrons. The Bertz CT molecular complexity index is 267. The van der Waals surface area contributed by atoms with Crippen LogP contribution in [0.15, 0.2) is 30.3 Å². The van der Waals surface area contributed by atoms with E-state index in [9.17, 15) is 0 Å². The summed E-state index contributed by atoms with van der Waals surface area (Å²) in [6.45, 7) is 6.03. The number of hydrogen-bond acceptors (Lipinski definition) is 0. The number of allylic oxidation sites excluding steroid dienone is 1. The second-order valence-corrected chi connectivity index (χ2v) is 2.76. The van der Waals surface area contributed by atoms with Gasteiger partial charge in [0.25, 0.3) is 0 Å². The molecule has 0 nitrogen and oxygen atoms in total. The van der Waals surface area contributed by atoms with Gasteiger partial charge in [0.1, 0.15) is 0 Å². The summed E-state index contributed by atoms with van der Waals surface area (Å²) >= 11 is 0. The van der Waals surface area contributed by atoms with Gasteiger partial charge in [-0.2, -0.15) is 6.42 Å². The molecule has 0 heterocycles. The van der Waals surface area contributed by atoms with Crippen molar-refractivity contribution in [2.45, 2.75) is 19.8 Å². The molecule has 0 atom stereocenters. The van der Waals surface area contributed by atoms with Crippen LogP contribution in [0.4, 0.5) is 0 Å². The van der Waals surface area contributed by atoms with Crippen molar-refractivity contribution in [3.63, 3.8) is 0 Å². The monoisotopic (exact) mass is 650 g/mol. The molecule has 1 aromatic carbocycles. The summed E-state index contributed by atoms with van der Waals surface area (Å²) in [5, 5.41) is 0. The smallest absolute Gasteiger partial charge is 0.358 e. The Kier molecular flexibility index (Phi) is 18.7. The van der Waals surface area contributed by atoms with Gasteiger partial charge >= 0.3 is 31.1 Å². The van der Waals surface area contributed by atoms with E-state index in [0.717, 1.165) is 12.8 Å². The second-order valence-electron chi connectivity index (χ2n) is 2.76. The molecule has 0 saturated heterocycles. The van der Waals surface area contributed by atoms with E-state index in [-0.39, 0.29) is 69.7 Å². The van der Waals surface area contributed by atoms with E-state index in [1.54, 1.807) is 0 Å². The molecule has 0 aliphatic heterocycles. The zero-order valence-corrected chi connectivity index (χ0v) is 17.9. The van der Waals surface area contributed by atoms with E-state index >= 15 is 0 Å². The van der Waals surface area contributed by atoms with Gasteiger partial charge in [0.05, 0.1) is 0 Å². The molecule has 15 heavy (non-hydrogen) atoms. The van der Waals surface area contributed by atoms with Crippen LogP contribution in [0, 0.1) is 76.6 Å². The number of benzene rings is 1. The van der Waals surface area contributed by atoms with Gasteiger partial charge in [0.15, 0.2) is 0 Å². The minimum Gasteiger partial charge on any atom is -0.358 e. The number of rotatable bonds is 3. The average molecular weight is 650 g/mol. The summed E-state index contributed by atoms with van der Waals surface area (Å²) in [5.74, 6) is 0. The molecule has 0 fully saturated rings. The maximum absolute atomic E-state index is 3.89. The first-order chi connectivity index (χ1) is 5.88. The van der Waals surface area contributed by atoms with Crippen LogP contribution in [0.5, 0.6) is 0 Å². The molecule has 0 aliphatic rings. The van der Waals surface area contributed by atoms with Crippen LogP contribution in [0.2, 0.25) is 0 Å². The molecule has 0 unspecified atom stereocenters. The van der Waals surface area contributed by atoms with Gasteiger partial charge in [-0.3, -0.25) is 0 Å². The maximum Gasteiger partial charge on any atom is 2.00 e. The van der Waals surface area contributed by atoms with Gasteiger partial charge in [-0.05, 0) is 12.0 Å². The van der Waals surface area contributed by atoms with E-state index in [1.165, 1.54) is 11.1 Å². The van der Waals surface area contributed by atoms with Crippen molar-refractivity contribution in [2.24, 2.45) is 0 Å². The van der Waals surface area contributed by atoms with Crippen LogP contribution in [0.3, 0.4) is 0 Å². The molecular formula is C13H18U2. The Labute approximate surface area is 142 Å². The molecule has 78 valence electrons. The average Bonchev–Trinajstić information content (AvgIpc) is 2.15. The molecule has 1 aromatic rings. The first-order valence-corrected chi connectivity index (χ1v) is 4.42. The van der Waals surface area contributed by atoms with Crippen molar-refractivity contribution in [1.82, 2.24) is 0 Å². The predicted octanol–water partition coefficient (Wildman–Crippen LogP) is 3.94. The molecule has 0 N–H and O–H groups in total. The van der Waals surface area contributed by atoms with Crippen molar-refractivity contribution in [3.05, 3.63) is 55.8 Å². The van der Waals surface area contributed by atoms with E-state index < -0.39 is 0 Å².